The van der Waals surface area contributed by atoms with Gasteiger partial charge in [0.15, 0.2) is 10.4 Å². The third-order valence-electron chi connectivity index (χ3n) is 3.11. The molecule has 0 saturated heterocycles. The Balaban J connectivity index is 1.82. The van der Waals surface area contributed by atoms with Crippen LogP contribution in [0.15, 0.2) is 30.9 Å². The maximum absolute atomic E-state index is 5.36. The predicted molar refractivity (Wildman–Crippen MR) is 76.5 cm³/mol. The number of hydrogen-bond donors (Lipinski definition) is 1. The van der Waals surface area contributed by atoms with Gasteiger partial charge in [0, 0.05) is 31.2 Å². The Hall–Kier alpha value is -1.95. The quantitative estimate of drug-likeness (QED) is 0.744. The molecule has 0 aromatic carbocycles. The summed E-state index contributed by atoms with van der Waals surface area (Å²) in [4.78, 5) is 11.8. The van der Waals surface area contributed by atoms with E-state index in [2.05, 4.69) is 24.1 Å². The molecule has 1 N–H and O–H groups in total. The van der Waals surface area contributed by atoms with Crippen LogP contribution in [0.4, 0.5) is 0 Å². The predicted octanol–water partition coefficient (Wildman–Crippen LogP) is 2.69. The topological polar surface area (TPSA) is 51.4 Å². The van der Waals surface area contributed by atoms with Crippen molar-refractivity contribution in [1.82, 2.24) is 24.1 Å². The van der Waals surface area contributed by atoms with Crippen LogP contribution < -0.4 is 0 Å². The van der Waals surface area contributed by atoms with E-state index in [9.17, 15) is 0 Å². The molecule has 0 bridgehead atoms. The van der Waals surface area contributed by atoms with Crippen molar-refractivity contribution >= 4 is 23.4 Å². The molecule has 0 unspecified atom stereocenters. The lowest BCUT2D eigenvalue weighted by molar-refractivity contribution is 0.566. The minimum Gasteiger partial charge on any atom is -0.337 e. The maximum atomic E-state index is 5.36. The van der Waals surface area contributed by atoms with E-state index in [0.717, 1.165) is 41.1 Å². The lowest BCUT2D eigenvalue weighted by Gasteiger charge is -2.05. The first-order valence-electron chi connectivity index (χ1n) is 6.26. The van der Waals surface area contributed by atoms with Crippen molar-refractivity contribution in [3.63, 3.8) is 0 Å². The zero-order chi connectivity index (χ0) is 13.2. The van der Waals surface area contributed by atoms with Crippen LogP contribution in [0.5, 0.6) is 0 Å². The summed E-state index contributed by atoms with van der Waals surface area (Å²) in [6, 6.07) is 4.02. The number of aromatic nitrogens is 5. The highest BCUT2D eigenvalue weighted by Crippen LogP contribution is 2.13. The van der Waals surface area contributed by atoms with Gasteiger partial charge in [0.05, 0.1) is 11.8 Å². The summed E-state index contributed by atoms with van der Waals surface area (Å²) in [5.74, 6) is 0. The normalized spacial score (nSPS) is 11.2. The van der Waals surface area contributed by atoms with E-state index in [-0.39, 0.29) is 0 Å². The highest BCUT2D eigenvalue weighted by atomic mass is 32.1. The van der Waals surface area contributed by atoms with E-state index in [1.807, 2.05) is 31.6 Å². The molecule has 6 heteroatoms. The van der Waals surface area contributed by atoms with E-state index in [1.165, 1.54) is 0 Å². The fourth-order valence-corrected chi connectivity index (χ4v) is 2.45. The molecular weight excluding hydrogens is 258 g/mol. The molecule has 3 heterocycles. The number of aromatic amines is 1. The molecule has 0 spiro atoms. The molecule has 3 rings (SSSR count). The highest BCUT2D eigenvalue weighted by molar-refractivity contribution is 7.71. The number of H-pyrrole nitrogens is 1. The fraction of sp³-hybridized carbons (Fsp3) is 0.308. The van der Waals surface area contributed by atoms with Gasteiger partial charge >= 0.3 is 0 Å². The van der Waals surface area contributed by atoms with Crippen LogP contribution >= 0.6 is 12.2 Å². The van der Waals surface area contributed by atoms with Crippen LogP contribution in [0.2, 0.25) is 0 Å². The Morgan fingerprint density at radius 3 is 3.00 bits per heavy atom. The lowest BCUT2D eigenvalue weighted by Crippen LogP contribution is -2.04. The average molecular weight is 273 g/mol. The summed E-state index contributed by atoms with van der Waals surface area (Å²) in [7, 11) is 0. The van der Waals surface area contributed by atoms with Gasteiger partial charge in [-0.25, -0.2) is 9.97 Å². The van der Waals surface area contributed by atoms with Crippen molar-refractivity contribution in [3.8, 4) is 0 Å². The third kappa shape index (κ3) is 2.44. The second-order valence-electron chi connectivity index (χ2n) is 4.56. The van der Waals surface area contributed by atoms with Crippen LogP contribution in [0.3, 0.4) is 0 Å². The monoisotopic (exact) mass is 273 g/mol. The van der Waals surface area contributed by atoms with E-state index in [1.54, 1.807) is 6.20 Å². The van der Waals surface area contributed by atoms with Crippen LogP contribution in [-0.4, -0.2) is 24.1 Å². The summed E-state index contributed by atoms with van der Waals surface area (Å²) in [6.45, 7) is 3.78. The Kier molecular flexibility index (Phi) is 3.16. The number of imidazole rings is 2. The largest absolute Gasteiger partial charge is 0.337 e. The average Bonchev–Trinajstić information content (AvgIpc) is 2.99. The number of nitrogens with one attached hydrogen (secondary N) is 1. The van der Waals surface area contributed by atoms with Crippen molar-refractivity contribution in [3.05, 3.63) is 41.3 Å². The van der Waals surface area contributed by atoms with Crippen LogP contribution in [0, 0.1) is 11.7 Å². The van der Waals surface area contributed by atoms with Gasteiger partial charge in [-0.05, 0) is 37.7 Å². The minimum absolute atomic E-state index is 0.735. The molecule has 0 fully saturated rings. The van der Waals surface area contributed by atoms with Gasteiger partial charge in [-0.3, -0.25) is 0 Å². The molecule has 5 nitrogen and oxygen atoms in total. The second-order valence-corrected chi connectivity index (χ2v) is 4.95. The number of nitrogens with zero attached hydrogens (tertiary/aromatic N) is 4. The third-order valence-corrected chi connectivity index (χ3v) is 3.44. The standard InChI is InChI=1S/C13H15N5S/c1-10-3-4-11-12(15-10)18(13(19)16-11)7-2-6-17-8-5-14-9-17/h3-5,8-9H,2,6-7H2,1H3,(H,16,19). The van der Waals surface area contributed by atoms with Crippen molar-refractivity contribution in [1.29, 1.82) is 0 Å². The van der Waals surface area contributed by atoms with Crippen LogP contribution in [0.1, 0.15) is 12.1 Å². The molecule has 0 amide bonds. The number of pyridine rings is 1. The van der Waals surface area contributed by atoms with Gasteiger partial charge in [0.2, 0.25) is 0 Å². The van der Waals surface area contributed by atoms with Crippen LogP contribution in [0.25, 0.3) is 11.2 Å². The van der Waals surface area contributed by atoms with Gasteiger partial charge in [0.1, 0.15) is 0 Å². The minimum atomic E-state index is 0.735. The Morgan fingerprint density at radius 2 is 2.21 bits per heavy atom. The number of hydrogen-bond acceptors (Lipinski definition) is 3. The SMILES string of the molecule is Cc1ccc2[nH]c(=S)n(CCCn3ccnc3)c2n1. The van der Waals surface area contributed by atoms with E-state index in [0.29, 0.717) is 0 Å². The zero-order valence-electron chi connectivity index (χ0n) is 10.7. The van der Waals surface area contributed by atoms with Crippen molar-refractivity contribution in [2.75, 3.05) is 0 Å². The van der Waals surface area contributed by atoms with Gasteiger partial charge in [-0.1, -0.05) is 0 Å². The smallest absolute Gasteiger partial charge is 0.179 e. The Bertz CT molecular complexity index is 738. The molecular formula is C13H15N5S. The number of fused-ring (bicyclic) bond motifs is 1. The van der Waals surface area contributed by atoms with E-state index >= 15 is 0 Å². The van der Waals surface area contributed by atoms with Crippen LogP contribution in [-0.2, 0) is 13.1 Å². The van der Waals surface area contributed by atoms with Gasteiger partial charge in [-0.2, -0.15) is 0 Å². The van der Waals surface area contributed by atoms with Crippen molar-refractivity contribution < 1.29 is 0 Å². The second kappa shape index (κ2) is 4.97. The van der Waals surface area contributed by atoms with Crippen molar-refractivity contribution in [2.24, 2.45) is 0 Å². The first-order chi connectivity index (χ1) is 9.24. The number of rotatable bonds is 4. The Morgan fingerprint density at radius 1 is 1.32 bits per heavy atom. The molecule has 98 valence electrons. The fourth-order valence-electron chi connectivity index (χ4n) is 2.16. The molecule has 0 atom stereocenters. The molecule has 3 aromatic heterocycles. The number of aryl methyl sites for hydroxylation is 3. The molecule has 0 radical (unpaired) electrons. The zero-order valence-corrected chi connectivity index (χ0v) is 11.5. The van der Waals surface area contributed by atoms with E-state index in [4.69, 9.17) is 12.2 Å². The molecule has 0 saturated carbocycles. The Labute approximate surface area is 115 Å². The summed E-state index contributed by atoms with van der Waals surface area (Å²) < 4.78 is 4.87. The van der Waals surface area contributed by atoms with Crippen molar-refractivity contribution in [2.45, 2.75) is 26.4 Å². The van der Waals surface area contributed by atoms with Gasteiger partial charge in [-0.15, -0.1) is 0 Å². The summed E-state index contributed by atoms with van der Waals surface area (Å²) in [5.41, 5.74) is 2.94. The highest BCUT2D eigenvalue weighted by Gasteiger charge is 2.05. The summed E-state index contributed by atoms with van der Waals surface area (Å²) >= 11 is 5.36. The van der Waals surface area contributed by atoms with Gasteiger partial charge in [0.25, 0.3) is 0 Å². The molecule has 3 aromatic rings. The molecule has 0 aliphatic rings. The molecule has 0 aliphatic heterocycles. The summed E-state index contributed by atoms with van der Waals surface area (Å²) in [6.07, 6.45) is 6.59. The van der Waals surface area contributed by atoms with E-state index < -0.39 is 0 Å². The maximum Gasteiger partial charge on any atom is 0.179 e. The molecule has 19 heavy (non-hydrogen) atoms. The first-order valence-corrected chi connectivity index (χ1v) is 6.67. The molecule has 0 aliphatic carbocycles. The first kappa shape index (κ1) is 12.1. The lowest BCUT2D eigenvalue weighted by atomic mass is 10.3. The summed E-state index contributed by atoms with van der Waals surface area (Å²) in [5, 5.41) is 0. The van der Waals surface area contributed by atoms with Gasteiger partial charge < -0.3 is 14.1 Å².